The number of carbonyl (C=O) groups excluding carboxylic acids is 3. The Hall–Kier alpha value is -4.76. The second-order valence-corrected chi connectivity index (χ2v) is 9.46. The number of methoxy groups -OCH3 is 1. The van der Waals surface area contributed by atoms with E-state index in [0.717, 1.165) is 11.7 Å². The SMILES string of the molecule is COC(=O)O[C@@H](CC/C=C/C(=O)N(C)C)C(=O)Nc1cccn(Cc2nc3c(F)cc(F)c(CCC(F)(F)F)c3[nH]2)c1=O. The lowest BCUT2D eigenvalue weighted by molar-refractivity contribution is -0.134. The van der Waals surface area contributed by atoms with Crippen LogP contribution in [0.2, 0.25) is 0 Å². The number of aromatic nitrogens is 3. The first-order valence-electron chi connectivity index (χ1n) is 12.7. The van der Waals surface area contributed by atoms with Crippen molar-refractivity contribution in [2.45, 2.75) is 44.5 Å². The zero-order valence-electron chi connectivity index (χ0n) is 23.3. The Balaban J connectivity index is 1.81. The van der Waals surface area contributed by atoms with Crippen molar-refractivity contribution >= 4 is 34.7 Å². The summed E-state index contributed by atoms with van der Waals surface area (Å²) in [5, 5.41) is 2.37. The Morgan fingerprint density at radius 1 is 1.21 bits per heavy atom. The van der Waals surface area contributed by atoms with Gasteiger partial charge < -0.3 is 29.2 Å². The topological polar surface area (TPSA) is 136 Å². The van der Waals surface area contributed by atoms with Crippen LogP contribution in [-0.4, -0.2) is 70.9 Å². The quantitative estimate of drug-likeness (QED) is 0.189. The fourth-order valence-corrected chi connectivity index (χ4v) is 3.91. The van der Waals surface area contributed by atoms with Gasteiger partial charge in [-0.2, -0.15) is 13.2 Å². The molecule has 0 aliphatic carbocycles. The van der Waals surface area contributed by atoms with Gasteiger partial charge in [-0.15, -0.1) is 0 Å². The molecule has 0 aliphatic heterocycles. The second-order valence-electron chi connectivity index (χ2n) is 9.46. The van der Waals surface area contributed by atoms with E-state index in [1.54, 1.807) is 14.1 Å². The number of halogens is 5. The van der Waals surface area contributed by atoms with Gasteiger partial charge >= 0.3 is 12.3 Å². The van der Waals surface area contributed by atoms with Crippen molar-refractivity contribution in [3.8, 4) is 0 Å². The van der Waals surface area contributed by atoms with E-state index in [1.807, 2.05) is 0 Å². The molecule has 0 unspecified atom stereocenters. The average molecular weight is 614 g/mol. The maximum Gasteiger partial charge on any atom is 0.508 e. The van der Waals surface area contributed by atoms with Crippen LogP contribution in [0.5, 0.6) is 0 Å². The van der Waals surface area contributed by atoms with E-state index in [9.17, 15) is 41.1 Å². The molecule has 2 aromatic heterocycles. The monoisotopic (exact) mass is 613 g/mol. The van der Waals surface area contributed by atoms with Gasteiger partial charge in [0.05, 0.1) is 19.2 Å². The number of hydrogen-bond acceptors (Lipinski definition) is 7. The summed E-state index contributed by atoms with van der Waals surface area (Å²) in [4.78, 5) is 57.3. The van der Waals surface area contributed by atoms with E-state index in [-0.39, 0.29) is 42.3 Å². The van der Waals surface area contributed by atoms with E-state index in [1.165, 1.54) is 35.4 Å². The number of allylic oxidation sites excluding steroid dienone is 1. The lowest BCUT2D eigenvalue weighted by Gasteiger charge is -2.16. The summed E-state index contributed by atoms with van der Waals surface area (Å²) >= 11 is 0. The molecular weight excluding hydrogens is 585 g/mol. The summed E-state index contributed by atoms with van der Waals surface area (Å²) in [6, 6.07) is 3.11. The second kappa shape index (κ2) is 13.9. The van der Waals surface area contributed by atoms with E-state index < -0.39 is 65.5 Å². The lowest BCUT2D eigenvalue weighted by Crippen LogP contribution is -2.35. The van der Waals surface area contributed by atoms with E-state index in [2.05, 4.69) is 20.0 Å². The third kappa shape index (κ3) is 8.86. The van der Waals surface area contributed by atoms with Crippen LogP contribution in [-0.2, 0) is 32.0 Å². The van der Waals surface area contributed by atoms with E-state index in [4.69, 9.17) is 4.74 Å². The normalized spacial score (nSPS) is 12.4. The van der Waals surface area contributed by atoms with Crippen LogP contribution in [0.1, 0.15) is 30.7 Å². The van der Waals surface area contributed by atoms with Crippen molar-refractivity contribution < 1.29 is 45.8 Å². The van der Waals surface area contributed by atoms with Crippen LogP contribution in [0.15, 0.2) is 41.3 Å². The highest BCUT2D eigenvalue weighted by atomic mass is 19.4. The van der Waals surface area contributed by atoms with Gasteiger partial charge in [0.15, 0.2) is 11.9 Å². The maximum absolute atomic E-state index is 14.4. The summed E-state index contributed by atoms with van der Waals surface area (Å²) in [6.07, 6.45) is -5.06. The lowest BCUT2D eigenvalue weighted by atomic mass is 10.1. The summed E-state index contributed by atoms with van der Waals surface area (Å²) in [5.74, 6) is -3.51. The Kier molecular flexibility index (Phi) is 10.6. The van der Waals surface area contributed by atoms with E-state index in [0.29, 0.717) is 6.07 Å². The zero-order valence-corrected chi connectivity index (χ0v) is 23.3. The number of benzene rings is 1. The summed E-state index contributed by atoms with van der Waals surface area (Å²) in [6.45, 7) is -0.343. The van der Waals surface area contributed by atoms with Crippen molar-refractivity contribution in [3.63, 3.8) is 0 Å². The Bertz CT molecular complexity index is 1580. The molecule has 3 aromatic rings. The number of alkyl halides is 3. The first-order chi connectivity index (χ1) is 20.2. The molecule has 0 spiro atoms. The van der Waals surface area contributed by atoms with Crippen LogP contribution in [0, 0.1) is 11.6 Å². The van der Waals surface area contributed by atoms with Gasteiger partial charge in [0.2, 0.25) is 5.91 Å². The number of nitrogens with zero attached hydrogens (tertiary/aromatic N) is 3. The third-order valence-electron chi connectivity index (χ3n) is 6.07. The number of hydrogen-bond donors (Lipinski definition) is 2. The molecule has 1 aromatic carbocycles. The number of aryl methyl sites for hydroxylation is 1. The highest BCUT2D eigenvalue weighted by Crippen LogP contribution is 2.28. The number of aromatic amines is 1. The van der Waals surface area contributed by atoms with Crippen molar-refractivity contribution in [2.24, 2.45) is 0 Å². The summed E-state index contributed by atoms with van der Waals surface area (Å²) in [7, 11) is 4.15. The number of H-pyrrole nitrogens is 1. The average Bonchev–Trinajstić information content (AvgIpc) is 3.35. The van der Waals surface area contributed by atoms with Crippen LogP contribution in [0.4, 0.5) is 32.4 Å². The van der Waals surface area contributed by atoms with Gasteiger partial charge in [-0.1, -0.05) is 6.08 Å². The van der Waals surface area contributed by atoms with Gasteiger partial charge in [-0.25, -0.2) is 18.6 Å². The number of imidazole rings is 1. The number of amides is 2. The molecule has 2 N–H and O–H groups in total. The molecule has 2 heterocycles. The van der Waals surface area contributed by atoms with Crippen molar-refractivity contribution in [3.05, 3.63) is 69.9 Å². The number of nitrogens with one attached hydrogen (secondary N) is 2. The van der Waals surface area contributed by atoms with Gasteiger partial charge in [-0.05, 0) is 37.5 Å². The summed E-state index contributed by atoms with van der Waals surface area (Å²) in [5.41, 5.74) is -2.05. The molecular formula is C27H28F5N5O6. The van der Waals surface area contributed by atoms with Gasteiger partial charge in [0.1, 0.15) is 22.8 Å². The van der Waals surface area contributed by atoms with Crippen molar-refractivity contribution in [1.29, 1.82) is 0 Å². The Morgan fingerprint density at radius 3 is 2.58 bits per heavy atom. The summed E-state index contributed by atoms with van der Waals surface area (Å²) < 4.78 is 77.5. The number of rotatable bonds is 11. The third-order valence-corrected chi connectivity index (χ3v) is 6.07. The number of pyridine rings is 1. The minimum atomic E-state index is -4.57. The molecule has 0 aliphatic rings. The Labute approximate surface area is 241 Å². The molecule has 3 rings (SSSR count). The molecule has 232 valence electrons. The first-order valence-corrected chi connectivity index (χ1v) is 12.7. The Morgan fingerprint density at radius 2 is 1.93 bits per heavy atom. The van der Waals surface area contributed by atoms with Crippen molar-refractivity contribution in [2.75, 3.05) is 26.5 Å². The van der Waals surface area contributed by atoms with Crippen molar-refractivity contribution in [1.82, 2.24) is 19.4 Å². The molecule has 0 radical (unpaired) electrons. The largest absolute Gasteiger partial charge is 0.508 e. The molecule has 43 heavy (non-hydrogen) atoms. The minimum Gasteiger partial charge on any atom is -0.438 e. The predicted molar refractivity (Wildman–Crippen MR) is 143 cm³/mol. The highest BCUT2D eigenvalue weighted by molar-refractivity contribution is 5.95. The highest BCUT2D eigenvalue weighted by Gasteiger charge is 2.29. The van der Waals surface area contributed by atoms with Gasteiger partial charge in [-0.3, -0.25) is 14.4 Å². The predicted octanol–water partition coefficient (Wildman–Crippen LogP) is 4.06. The molecule has 16 heteroatoms. The smallest absolute Gasteiger partial charge is 0.438 e. The number of likely N-dealkylation sites (N-methyl/N-ethyl adjacent to an activating group) is 1. The number of fused-ring (bicyclic) bond motifs is 1. The zero-order chi connectivity index (χ0) is 31.9. The minimum absolute atomic E-state index is 0.0586. The van der Waals surface area contributed by atoms with Gasteiger partial charge in [0, 0.05) is 38.3 Å². The molecule has 0 saturated carbocycles. The fourth-order valence-electron chi connectivity index (χ4n) is 3.91. The van der Waals surface area contributed by atoms with Crippen LogP contribution in [0.25, 0.3) is 11.0 Å². The fraction of sp³-hybridized carbons (Fsp3) is 0.370. The van der Waals surface area contributed by atoms with Crippen LogP contribution < -0.4 is 10.9 Å². The molecule has 0 saturated heterocycles. The standard InChI is InChI=1S/C27H28F5N5O6/c1-36(2)21(38)9-5-4-8-19(43-26(41)42-3)24(39)33-18-7-6-12-37(25(18)40)14-20-34-22-15(10-11-27(30,31)32)16(28)13-17(29)23(22)35-20/h5-7,9,12-13,19H,4,8,10-11,14H2,1-3H3,(H,33,39)(H,34,35)/b9-5+/t19-/m0/s1. The maximum atomic E-state index is 14.4. The molecule has 2 amide bonds. The van der Waals surface area contributed by atoms with Crippen LogP contribution in [0.3, 0.4) is 0 Å². The molecule has 1 atom stereocenters. The first kappa shape index (κ1) is 32.8. The number of carbonyl (C=O) groups is 3. The molecule has 0 fully saturated rings. The molecule has 0 bridgehead atoms. The number of anilines is 1. The van der Waals surface area contributed by atoms with Crippen LogP contribution >= 0.6 is 0 Å². The number of ether oxygens (including phenoxy) is 2. The van der Waals surface area contributed by atoms with Gasteiger partial charge in [0.25, 0.3) is 11.5 Å². The van der Waals surface area contributed by atoms with E-state index >= 15 is 0 Å². The molecule has 11 nitrogen and oxygen atoms in total.